The van der Waals surface area contributed by atoms with Crippen molar-refractivity contribution in [1.29, 1.82) is 0 Å². The van der Waals surface area contributed by atoms with Crippen molar-refractivity contribution in [3.8, 4) is 5.75 Å². The lowest BCUT2D eigenvalue weighted by Gasteiger charge is -2.15. The molecule has 0 aliphatic rings. The van der Waals surface area contributed by atoms with Crippen molar-refractivity contribution in [3.63, 3.8) is 0 Å². The largest absolute Gasteiger partial charge is 0.495 e. The average molecular weight is 461 g/mol. The number of hydrogen-bond donors (Lipinski definition) is 2. The highest BCUT2D eigenvalue weighted by molar-refractivity contribution is 7.93. The van der Waals surface area contributed by atoms with Crippen molar-refractivity contribution >= 4 is 31.4 Å². The molecule has 9 heteroatoms. The molecule has 0 saturated carbocycles. The number of methoxy groups -OCH3 is 1. The standard InChI is InChI=1S/C22H24N2O5S2/c1-15-9-10-16(2)21(13-15)30(25,26)23-18-12-11-17(3)22(14-18)31(27,28)24-19-7-5-6-8-20(19)29-4/h5-14,23-24H,1-4H3. The number of nitrogens with one attached hydrogen (secondary N) is 2. The van der Waals surface area contributed by atoms with E-state index in [1.165, 1.54) is 19.2 Å². The molecule has 0 radical (unpaired) electrons. The van der Waals surface area contributed by atoms with E-state index in [1.54, 1.807) is 63.2 Å². The van der Waals surface area contributed by atoms with Gasteiger partial charge in [-0.05, 0) is 67.8 Å². The van der Waals surface area contributed by atoms with E-state index >= 15 is 0 Å². The summed E-state index contributed by atoms with van der Waals surface area (Å²) in [6.07, 6.45) is 0. The Kier molecular flexibility index (Phi) is 6.28. The molecule has 0 atom stereocenters. The van der Waals surface area contributed by atoms with Crippen LogP contribution >= 0.6 is 0 Å². The van der Waals surface area contributed by atoms with E-state index in [-0.39, 0.29) is 21.2 Å². The molecule has 0 heterocycles. The zero-order chi connectivity index (χ0) is 22.8. The predicted octanol–water partition coefficient (Wildman–Crippen LogP) is 4.22. The number of anilines is 2. The van der Waals surface area contributed by atoms with E-state index in [2.05, 4.69) is 9.44 Å². The summed E-state index contributed by atoms with van der Waals surface area (Å²) < 4.78 is 62.1. The molecule has 7 nitrogen and oxygen atoms in total. The Morgan fingerprint density at radius 2 is 1.29 bits per heavy atom. The van der Waals surface area contributed by atoms with Gasteiger partial charge in [-0.3, -0.25) is 9.44 Å². The molecule has 3 aromatic rings. The lowest BCUT2D eigenvalue weighted by molar-refractivity contribution is 0.417. The fraction of sp³-hybridized carbons (Fsp3) is 0.182. The Morgan fingerprint density at radius 1 is 0.710 bits per heavy atom. The molecule has 164 valence electrons. The number of rotatable bonds is 7. The molecule has 0 aromatic heterocycles. The molecule has 3 rings (SSSR count). The van der Waals surface area contributed by atoms with Gasteiger partial charge in [0.25, 0.3) is 20.0 Å². The highest BCUT2D eigenvalue weighted by atomic mass is 32.2. The molecule has 0 bridgehead atoms. The second kappa shape index (κ2) is 8.60. The Labute approximate surface area is 183 Å². The van der Waals surface area contributed by atoms with Crippen molar-refractivity contribution in [2.75, 3.05) is 16.6 Å². The van der Waals surface area contributed by atoms with Gasteiger partial charge in [0.05, 0.1) is 28.3 Å². The summed E-state index contributed by atoms with van der Waals surface area (Å²) in [5, 5.41) is 0. The van der Waals surface area contributed by atoms with Gasteiger partial charge in [-0.2, -0.15) is 0 Å². The summed E-state index contributed by atoms with van der Waals surface area (Å²) in [4.78, 5) is 0.101. The van der Waals surface area contributed by atoms with Crippen LogP contribution in [-0.4, -0.2) is 23.9 Å². The van der Waals surface area contributed by atoms with Crippen LogP contribution in [0.25, 0.3) is 0 Å². The number of ether oxygens (including phenoxy) is 1. The van der Waals surface area contributed by atoms with E-state index < -0.39 is 20.0 Å². The van der Waals surface area contributed by atoms with E-state index in [0.29, 0.717) is 16.9 Å². The van der Waals surface area contributed by atoms with Gasteiger partial charge in [0.1, 0.15) is 5.75 Å². The first-order valence-electron chi connectivity index (χ1n) is 9.40. The summed E-state index contributed by atoms with van der Waals surface area (Å²) in [6.45, 7) is 5.15. The monoisotopic (exact) mass is 460 g/mol. The van der Waals surface area contributed by atoms with Crippen molar-refractivity contribution < 1.29 is 21.6 Å². The van der Waals surface area contributed by atoms with Crippen molar-refractivity contribution in [2.45, 2.75) is 30.6 Å². The molecule has 0 aliphatic heterocycles. The SMILES string of the molecule is COc1ccccc1NS(=O)(=O)c1cc(NS(=O)(=O)c2cc(C)ccc2C)ccc1C. The minimum atomic E-state index is -4.00. The van der Waals surface area contributed by atoms with Gasteiger partial charge >= 0.3 is 0 Å². The molecule has 0 aliphatic carbocycles. The first-order chi connectivity index (χ1) is 14.5. The third-order valence-corrected chi connectivity index (χ3v) is 7.75. The van der Waals surface area contributed by atoms with Crippen molar-refractivity contribution in [2.24, 2.45) is 0 Å². The Morgan fingerprint density at radius 3 is 1.97 bits per heavy atom. The summed E-state index contributed by atoms with van der Waals surface area (Å²) in [5.74, 6) is 0.371. The van der Waals surface area contributed by atoms with E-state index in [0.717, 1.165) is 5.56 Å². The van der Waals surface area contributed by atoms with E-state index in [1.807, 2.05) is 6.07 Å². The molecule has 2 N–H and O–H groups in total. The minimum absolute atomic E-state index is 0.0421. The predicted molar refractivity (Wildman–Crippen MR) is 122 cm³/mol. The lowest BCUT2D eigenvalue weighted by atomic mass is 10.2. The van der Waals surface area contributed by atoms with E-state index in [9.17, 15) is 16.8 Å². The van der Waals surface area contributed by atoms with Gasteiger partial charge < -0.3 is 4.74 Å². The maximum absolute atomic E-state index is 13.0. The maximum Gasteiger partial charge on any atom is 0.262 e. The highest BCUT2D eigenvalue weighted by Gasteiger charge is 2.22. The number of sulfonamides is 2. The van der Waals surface area contributed by atoms with Gasteiger partial charge in [-0.25, -0.2) is 16.8 Å². The smallest absolute Gasteiger partial charge is 0.262 e. The lowest BCUT2D eigenvalue weighted by Crippen LogP contribution is -2.17. The summed E-state index contributed by atoms with van der Waals surface area (Å²) in [6, 6.07) is 16.1. The molecular weight excluding hydrogens is 436 g/mol. The van der Waals surface area contributed by atoms with Crippen LogP contribution in [-0.2, 0) is 20.0 Å². The highest BCUT2D eigenvalue weighted by Crippen LogP contribution is 2.29. The van der Waals surface area contributed by atoms with Crippen LogP contribution in [0.4, 0.5) is 11.4 Å². The Bertz CT molecular complexity index is 1330. The zero-order valence-corrected chi connectivity index (χ0v) is 19.3. The van der Waals surface area contributed by atoms with Crippen molar-refractivity contribution in [1.82, 2.24) is 0 Å². The third kappa shape index (κ3) is 5.00. The van der Waals surface area contributed by atoms with Crippen LogP contribution in [0, 0.1) is 20.8 Å². The Balaban J connectivity index is 1.97. The average Bonchev–Trinajstić information content (AvgIpc) is 2.71. The molecule has 31 heavy (non-hydrogen) atoms. The van der Waals surface area contributed by atoms with Crippen LogP contribution in [0.1, 0.15) is 16.7 Å². The van der Waals surface area contributed by atoms with Crippen LogP contribution in [0.15, 0.2) is 70.5 Å². The molecule has 0 amide bonds. The third-order valence-electron chi connectivity index (χ3n) is 4.71. The minimum Gasteiger partial charge on any atom is -0.495 e. The number of para-hydroxylation sites is 2. The van der Waals surface area contributed by atoms with Gasteiger partial charge in [0.2, 0.25) is 0 Å². The summed E-state index contributed by atoms with van der Waals surface area (Å²) in [5.41, 5.74) is 2.30. The second-order valence-corrected chi connectivity index (χ2v) is 10.5. The fourth-order valence-corrected chi connectivity index (χ4v) is 5.81. The number of aryl methyl sites for hydroxylation is 3. The van der Waals surface area contributed by atoms with Crippen LogP contribution in [0.2, 0.25) is 0 Å². The van der Waals surface area contributed by atoms with Crippen LogP contribution < -0.4 is 14.2 Å². The summed E-state index contributed by atoms with van der Waals surface area (Å²) in [7, 11) is -6.45. The van der Waals surface area contributed by atoms with Crippen molar-refractivity contribution in [3.05, 3.63) is 77.4 Å². The molecule has 0 saturated heterocycles. The van der Waals surface area contributed by atoms with E-state index in [4.69, 9.17) is 4.74 Å². The maximum atomic E-state index is 13.0. The first kappa shape index (κ1) is 22.6. The summed E-state index contributed by atoms with van der Waals surface area (Å²) >= 11 is 0. The molecule has 3 aromatic carbocycles. The van der Waals surface area contributed by atoms with Gasteiger partial charge in [0.15, 0.2) is 0 Å². The van der Waals surface area contributed by atoms with Gasteiger partial charge in [-0.1, -0.05) is 30.3 Å². The topological polar surface area (TPSA) is 102 Å². The molecule has 0 spiro atoms. The van der Waals surface area contributed by atoms with Crippen LogP contribution in [0.3, 0.4) is 0 Å². The van der Waals surface area contributed by atoms with Gasteiger partial charge in [0, 0.05) is 0 Å². The molecular formula is C22H24N2O5S2. The van der Waals surface area contributed by atoms with Gasteiger partial charge in [-0.15, -0.1) is 0 Å². The molecule has 0 unspecified atom stereocenters. The first-order valence-corrected chi connectivity index (χ1v) is 12.4. The number of hydrogen-bond acceptors (Lipinski definition) is 5. The molecule has 0 fully saturated rings. The Hall–Kier alpha value is -3.04. The van der Waals surface area contributed by atoms with Crippen LogP contribution in [0.5, 0.6) is 5.75 Å². The fourth-order valence-electron chi connectivity index (χ4n) is 3.09. The number of benzene rings is 3. The second-order valence-electron chi connectivity index (χ2n) is 7.16. The quantitative estimate of drug-likeness (QED) is 0.550. The zero-order valence-electron chi connectivity index (χ0n) is 17.6. The normalized spacial score (nSPS) is 11.7.